The van der Waals surface area contributed by atoms with E-state index in [1.54, 1.807) is 0 Å². The molecule has 2 rings (SSSR count). The second-order valence-electron chi connectivity index (χ2n) is 5.72. The van der Waals surface area contributed by atoms with E-state index < -0.39 is 0 Å². The summed E-state index contributed by atoms with van der Waals surface area (Å²) in [6, 6.07) is 2.11. The molecule has 1 unspecified atom stereocenters. The Bertz CT molecular complexity index is 445. The highest BCUT2D eigenvalue weighted by molar-refractivity contribution is 5.38. The monoisotopic (exact) mass is 277 g/mol. The molecule has 1 aliphatic rings. The lowest BCUT2D eigenvalue weighted by molar-refractivity contribution is -0.0390. The number of aromatic nitrogens is 2. The number of nitrogens with one attached hydrogen (secondary N) is 1. The lowest BCUT2D eigenvalue weighted by atomic mass is 10.0. The smallest absolute Gasteiger partial charge is 0.162 e. The van der Waals surface area contributed by atoms with Crippen LogP contribution in [0.4, 0.5) is 5.82 Å². The van der Waals surface area contributed by atoms with E-state index in [9.17, 15) is 0 Å². The fourth-order valence-electron chi connectivity index (χ4n) is 2.28. The van der Waals surface area contributed by atoms with Gasteiger partial charge >= 0.3 is 0 Å². The number of ether oxygens (including phenoxy) is 1. The van der Waals surface area contributed by atoms with E-state index in [1.807, 2.05) is 6.92 Å². The molecule has 1 N–H and O–H groups in total. The summed E-state index contributed by atoms with van der Waals surface area (Å²) < 4.78 is 5.93. The van der Waals surface area contributed by atoms with Crippen LogP contribution in [0.5, 0.6) is 0 Å². The maximum atomic E-state index is 5.93. The van der Waals surface area contributed by atoms with Crippen LogP contribution in [0, 0.1) is 0 Å². The zero-order chi connectivity index (χ0) is 14.6. The fraction of sp³-hybridized carbons (Fsp3) is 0.750. The van der Waals surface area contributed by atoms with Crippen LogP contribution in [0.25, 0.3) is 0 Å². The van der Waals surface area contributed by atoms with Gasteiger partial charge in [0.15, 0.2) is 5.82 Å². The molecule has 1 atom stereocenters. The summed E-state index contributed by atoms with van der Waals surface area (Å²) in [5, 5.41) is 3.39. The molecule has 1 fully saturated rings. The number of anilines is 1. The molecule has 112 valence electrons. The summed E-state index contributed by atoms with van der Waals surface area (Å²) in [5.41, 5.74) is 0.787. The molecule has 1 aromatic rings. The third-order valence-corrected chi connectivity index (χ3v) is 3.91. The molecule has 0 radical (unpaired) electrons. The highest BCUT2D eigenvalue weighted by Crippen LogP contribution is 2.40. The maximum Gasteiger partial charge on any atom is 0.162 e. The van der Waals surface area contributed by atoms with Gasteiger partial charge in [-0.1, -0.05) is 13.8 Å². The summed E-state index contributed by atoms with van der Waals surface area (Å²) in [6.45, 7) is 10.0. The van der Waals surface area contributed by atoms with Gasteiger partial charge in [0, 0.05) is 30.8 Å². The second kappa shape index (κ2) is 6.53. The number of hydrogen-bond acceptors (Lipinski definition) is 4. The minimum Gasteiger partial charge on any atom is -0.370 e. The molecule has 0 amide bonds. The van der Waals surface area contributed by atoms with Crippen molar-refractivity contribution in [2.24, 2.45) is 0 Å². The van der Waals surface area contributed by atoms with Crippen LogP contribution >= 0.6 is 0 Å². The van der Waals surface area contributed by atoms with Crippen LogP contribution in [-0.4, -0.2) is 23.1 Å². The average molecular weight is 277 g/mol. The molecule has 0 bridgehead atoms. The van der Waals surface area contributed by atoms with E-state index >= 15 is 0 Å². The standard InChI is InChI=1S/C16H27N3O/c1-5-10-17-14-11-13(12-8-9-12)18-15(19-14)16(4,6-2)20-7-3/h11-12H,5-10H2,1-4H3,(H,17,18,19). The molecule has 1 heterocycles. The van der Waals surface area contributed by atoms with Gasteiger partial charge in [0.25, 0.3) is 0 Å². The molecule has 0 spiro atoms. The molecule has 0 saturated heterocycles. The lowest BCUT2D eigenvalue weighted by Crippen LogP contribution is -2.28. The highest BCUT2D eigenvalue weighted by Gasteiger charge is 2.32. The summed E-state index contributed by atoms with van der Waals surface area (Å²) >= 11 is 0. The van der Waals surface area contributed by atoms with Gasteiger partial charge in [0.2, 0.25) is 0 Å². The molecule has 0 aliphatic heterocycles. The fourth-order valence-corrected chi connectivity index (χ4v) is 2.28. The Morgan fingerprint density at radius 3 is 2.60 bits per heavy atom. The van der Waals surface area contributed by atoms with Crippen LogP contribution in [0.1, 0.15) is 70.8 Å². The Kier molecular flexibility index (Phi) is 4.97. The number of hydrogen-bond donors (Lipinski definition) is 1. The van der Waals surface area contributed by atoms with Gasteiger partial charge in [-0.25, -0.2) is 9.97 Å². The number of nitrogens with zero attached hydrogens (tertiary/aromatic N) is 2. The van der Waals surface area contributed by atoms with Crippen molar-refractivity contribution < 1.29 is 4.74 Å². The maximum absolute atomic E-state index is 5.93. The Hall–Kier alpha value is -1.16. The molecule has 1 aromatic heterocycles. The first-order valence-electron chi connectivity index (χ1n) is 7.90. The van der Waals surface area contributed by atoms with Crippen molar-refractivity contribution >= 4 is 5.82 Å². The Labute approximate surface area is 122 Å². The van der Waals surface area contributed by atoms with E-state index in [-0.39, 0.29) is 5.60 Å². The van der Waals surface area contributed by atoms with Gasteiger partial charge in [0.05, 0.1) is 0 Å². The van der Waals surface area contributed by atoms with E-state index in [2.05, 4.69) is 32.2 Å². The quantitative estimate of drug-likeness (QED) is 0.784. The van der Waals surface area contributed by atoms with Crippen molar-refractivity contribution in [2.45, 2.75) is 64.9 Å². The Morgan fingerprint density at radius 1 is 1.30 bits per heavy atom. The predicted molar refractivity (Wildman–Crippen MR) is 82.1 cm³/mol. The Morgan fingerprint density at radius 2 is 2.05 bits per heavy atom. The average Bonchev–Trinajstić information content (AvgIpc) is 3.29. The largest absolute Gasteiger partial charge is 0.370 e. The summed E-state index contributed by atoms with van der Waals surface area (Å²) in [5.74, 6) is 2.39. The van der Waals surface area contributed by atoms with E-state index in [1.165, 1.54) is 18.5 Å². The number of rotatable bonds is 8. The first-order valence-corrected chi connectivity index (χ1v) is 7.90. The normalized spacial score (nSPS) is 17.8. The zero-order valence-corrected chi connectivity index (χ0v) is 13.2. The third-order valence-electron chi connectivity index (χ3n) is 3.91. The van der Waals surface area contributed by atoms with Crippen molar-refractivity contribution in [3.8, 4) is 0 Å². The molecule has 0 aromatic carbocycles. The van der Waals surface area contributed by atoms with Gasteiger partial charge in [-0.2, -0.15) is 0 Å². The van der Waals surface area contributed by atoms with E-state index in [0.29, 0.717) is 12.5 Å². The summed E-state index contributed by atoms with van der Waals surface area (Å²) in [4.78, 5) is 9.48. The second-order valence-corrected chi connectivity index (χ2v) is 5.72. The van der Waals surface area contributed by atoms with Gasteiger partial charge in [-0.15, -0.1) is 0 Å². The van der Waals surface area contributed by atoms with Crippen molar-refractivity contribution in [1.29, 1.82) is 0 Å². The molecule has 1 aliphatic carbocycles. The van der Waals surface area contributed by atoms with Gasteiger partial charge in [-0.05, 0) is 39.5 Å². The van der Waals surface area contributed by atoms with Crippen LogP contribution in [0.15, 0.2) is 6.07 Å². The van der Waals surface area contributed by atoms with E-state index in [0.717, 1.165) is 31.0 Å². The van der Waals surface area contributed by atoms with Crippen LogP contribution in [0.3, 0.4) is 0 Å². The minimum atomic E-state index is -0.387. The van der Waals surface area contributed by atoms with Gasteiger partial charge in [0.1, 0.15) is 11.4 Å². The van der Waals surface area contributed by atoms with Crippen molar-refractivity contribution in [1.82, 2.24) is 9.97 Å². The van der Waals surface area contributed by atoms with Crippen molar-refractivity contribution in [2.75, 3.05) is 18.5 Å². The third kappa shape index (κ3) is 3.48. The molecule has 1 saturated carbocycles. The molecule has 20 heavy (non-hydrogen) atoms. The zero-order valence-electron chi connectivity index (χ0n) is 13.2. The van der Waals surface area contributed by atoms with Crippen LogP contribution in [-0.2, 0) is 10.3 Å². The van der Waals surface area contributed by atoms with Crippen molar-refractivity contribution in [3.05, 3.63) is 17.6 Å². The molecule has 4 nitrogen and oxygen atoms in total. The predicted octanol–water partition coefficient (Wildman–Crippen LogP) is 3.84. The molecular weight excluding hydrogens is 250 g/mol. The van der Waals surface area contributed by atoms with Crippen LogP contribution < -0.4 is 5.32 Å². The van der Waals surface area contributed by atoms with Gasteiger partial charge < -0.3 is 10.1 Å². The van der Waals surface area contributed by atoms with E-state index in [4.69, 9.17) is 14.7 Å². The molecule has 4 heteroatoms. The first-order chi connectivity index (χ1) is 9.62. The topological polar surface area (TPSA) is 47.0 Å². The molecular formula is C16H27N3O. The summed E-state index contributed by atoms with van der Waals surface area (Å²) in [7, 11) is 0. The highest BCUT2D eigenvalue weighted by atomic mass is 16.5. The first kappa shape index (κ1) is 15.2. The van der Waals surface area contributed by atoms with Gasteiger partial charge in [-0.3, -0.25) is 0 Å². The summed E-state index contributed by atoms with van der Waals surface area (Å²) in [6.07, 6.45) is 4.47. The lowest BCUT2D eigenvalue weighted by Gasteiger charge is -2.27. The minimum absolute atomic E-state index is 0.387. The van der Waals surface area contributed by atoms with Crippen molar-refractivity contribution in [3.63, 3.8) is 0 Å². The Balaban J connectivity index is 2.32. The SMILES string of the molecule is CCCNc1cc(C2CC2)nc(C(C)(CC)OCC)n1. The van der Waals surface area contributed by atoms with Crippen LogP contribution in [0.2, 0.25) is 0 Å².